The predicted octanol–water partition coefficient (Wildman–Crippen LogP) is 2.22. The first kappa shape index (κ1) is 18.5. The van der Waals surface area contributed by atoms with E-state index in [9.17, 15) is 8.78 Å². The molecule has 0 radical (unpaired) electrons. The molecule has 1 aromatic carbocycles. The largest absolute Gasteiger partial charge is 0.470 e. The molecule has 0 fully saturated rings. The van der Waals surface area contributed by atoms with Crippen LogP contribution in [0.15, 0.2) is 24.4 Å². The summed E-state index contributed by atoms with van der Waals surface area (Å²) in [6, 6.07) is 3.61. The molecule has 148 valence electrons. The average Bonchev–Trinajstić information content (AvgIpc) is 2.96. The highest BCUT2D eigenvalue weighted by Crippen LogP contribution is 2.28. The van der Waals surface area contributed by atoms with Gasteiger partial charge in [-0.1, -0.05) is 6.07 Å². The smallest absolute Gasteiger partial charge is 0.258 e. The summed E-state index contributed by atoms with van der Waals surface area (Å²) in [6.45, 7) is 3.14. The Kier molecular flexibility index (Phi) is 4.41. The van der Waals surface area contributed by atoms with Crippen molar-refractivity contribution < 1.29 is 13.5 Å². The van der Waals surface area contributed by atoms with E-state index < -0.39 is 11.6 Å². The van der Waals surface area contributed by atoms with Crippen LogP contribution < -0.4 is 16.2 Å². The molecule has 0 saturated heterocycles. The summed E-state index contributed by atoms with van der Waals surface area (Å²) in [5, 5.41) is 0. The van der Waals surface area contributed by atoms with Crippen LogP contribution in [-0.2, 0) is 6.61 Å². The van der Waals surface area contributed by atoms with Crippen molar-refractivity contribution in [2.75, 3.05) is 11.5 Å². The van der Waals surface area contributed by atoms with E-state index in [-0.39, 0.29) is 35.8 Å². The maximum Gasteiger partial charge on any atom is 0.258 e. The first-order valence-corrected chi connectivity index (χ1v) is 8.53. The van der Waals surface area contributed by atoms with Crippen LogP contribution in [0, 0.1) is 25.5 Å². The van der Waals surface area contributed by atoms with Crippen LogP contribution in [0.25, 0.3) is 17.2 Å². The lowest BCUT2D eigenvalue weighted by molar-refractivity contribution is 0.282. The fourth-order valence-electron chi connectivity index (χ4n) is 2.94. The normalized spacial score (nSPS) is 11.2. The summed E-state index contributed by atoms with van der Waals surface area (Å²) in [7, 11) is 0. The van der Waals surface area contributed by atoms with Gasteiger partial charge in [-0.25, -0.2) is 18.7 Å². The van der Waals surface area contributed by atoms with Crippen molar-refractivity contribution in [1.82, 2.24) is 29.3 Å². The molecule has 0 bridgehead atoms. The van der Waals surface area contributed by atoms with Crippen LogP contribution in [0.1, 0.15) is 17.0 Å². The van der Waals surface area contributed by atoms with Gasteiger partial charge in [-0.15, -0.1) is 0 Å². The van der Waals surface area contributed by atoms with Crippen molar-refractivity contribution in [3.8, 4) is 17.4 Å². The highest BCUT2D eigenvalue weighted by Gasteiger charge is 2.20. The molecule has 0 saturated carbocycles. The number of nitrogens with two attached hydrogens (primary N) is 2. The van der Waals surface area contributed by atoms with Gasteiger partial charge < -0.3 is 16.2 Å². The fraction of sp³-hybridized carbons (Fsp3) is 0.167. The third-order valence-electron chi connectivity index (χ3n) is 4.17. The Morgan fingerprint density at radius 1 is 0.966 bits per heavy atom. The van der Waals surface area contributed by atoms with Crippen molar-refractivity contribution in [3.63, 3.8) is 0 Å². The van der Waals surface area contributed by atoms with Gasteiger partial charge in [-0.05, 0) is 26.0 Å². The van der Waals surface area contributed by atoms with Crippen molar-refractivity contribution >= 4 is 17.5 Å². The molecule has 0 amide bonds. The van der Waals surface area contributed by atoms with Gasteiger partial charge in [0.2, 0.25) is 17.5 Å². The highest BCUT2D eigenvalue weighted by molar-refractivity contribution is 5.65. The van der Waals surface area contributed by atoms with Gasteiger partial charge in [-0.3, -0.25) is 4.40 Å². The first-order chi connectivity index (χ1) is 13.8. The van der Waals surface area contributed by atoms with E-state index in [1.807, 2.05) is 0 Å². The number of aromatic nitrogens is 6. The molecule has 0 aliphatic rings. The van der Waals surface area contributed by atoms with Crippen LogP contribution in [0.5, 0.6) is 5.88 Å². The number of aryl methyl sites for hydroxylation is 2. The molecule has 4 aromatic rings. The molecule has 4 rings (SSSR count). The average molecular weight is 398 g/mol. The van der Waals surface area contributed by atoms with Crippen molar-refractivity contribution in [2.24, 2.45) is 0 Å². The molecular weight excluding hydrogens is 382 g/mol. The Labute approximate surface area is 163 Å². The van der Waals surface area contributed by atoms with Gasteiger partial charge in [-0.2, -0.15) is 15.0 Å². The second kappa shape index (κ2) is 6.93. The highest BCUT2D eigenvalue weighted by atomic mass is 19.1. The zero-order valence-corrected chi connectivity index (χ0v) is 15.5. The Morgan fingerprint density at radius 3 is 2.28 bits per heavy atom. The Balaban J connectivity index is 1.81. The molecule has 0 aliphatic carbocycles. The lowest BCUT2D eigenvalue weighted by atomic mass is 10.2. The fourth-order valence-corrected chi connectivity index (χ4v) is 2.94. The van der Waals surface area contributed by atoms with E-state index in [1.54, 1.807) is 24.4 Å². The molecule has 3 aromatic heterocycles. The van der Waals surface area contributed by atoms with E-state index >= 15 is 0 Å². The molecular formula is C18H16F2N8O. The number of halogens is 2. The molecule has 0 atom stereocenters. The zero-order chi connectivity index (χ0) is 20.7. The topological polar surface area (TPSA) is 130 Å². The minimum absolute atomic E-state index is 0.0286. The molecule has 4 N–H and O–H groups in total. The number of nitrogens with zero attached hydrogens (tertiary/aromatic N) is 6. The number of imidazole rings is 1. The van der Waals surface area contributed by atoms with Gasteiger partial charge in [0, 0.05) is 6.20 Å². The first-order valence-electron chi connectivity index (χ1n) is 8.53. The van der Waals surface area contributed by atoms with Crippen molar-refractivity contribution in [3.05, 3.63) is 53.0 Å². The molecule has 9 nitrogen and oxygen atoms in total. The van der Waals surface area contributed by atoms with E-state index in [2.05, 4.69) is 24.9 Å². The summed E-state index contributed by atoms with van der Waals surface area (Å²) in [5.74, 6) is -1.12. The summed E-state index contributed by atoms with van der Waals surface area (Å²) in [4.78, 5) is 20.8. The number of hydrogen-bond acceptors (Lipinski definition) is 8. The van der Waals surface area contributed by atoms with E-state index in [4.69, 9.17) is 16.2 Å². The van der Waals surface area contributed by atoms with Gasteiger partial charge in [0.15, 0.2) is 5.82 Å². The van der Waals surface area contributed by atoms with Crippen molar-refractivity contribution in [2.45, 2.75) is 20.5 Å². The SMILES string of the molecule is Cc1cn2c(-c3nc(N)nc(N)n3)c(C)nc2c(OCc2c(F)cccc2F)n1. The standard InChI is InChI=1S/C18H16F2N8O/c1-8-6-28-13(14-25-17(21)27-18(22)26-14)9(2)24-15(28)16(23-8)29-7-10-11(19)4-3-5-12(10)20/h3-6H,7H2,1-2H3,(H4,21,22,25,26,27). The van der Waals surface area contributed by atoms with Gasteiger partial charge in [0.05, 0.1) is 17.0 Å². The number of fused-ring (bicyclic) bond motifs is 1. The lowest BCUT2D eigenvalue weighted by Crippen LogP contribution is -2.07. The lowest BCUT2D eigenvalue weighted by Gasteiger charge is -2.10. The molecule has 0 spiro atoms. The minimum atomic E-state index is -0.704. The Hall–Kier alpha value is -3.89. The maximum absolute atomic E-state index is 13.9. The number of nitrogen functional groups attached to an aromatic ring is 2. The summed E-state index contributed by atoms with van der Waals surface area (Å²) < 4.78 is 35.1. The van der Waals surface area contributed by atoms with Crippen LogP contribution in [0.4, 0.5) is 20.7 Å². The van der Waals surface area contributed by atoms with Gasteiger partial charge in [0.25, 0.3) is 5.88 Å². The minimum Gasteiger partial charge on any atom is -0.470 e. The molecule has 11 heteroatoms. The summed E-state index contributed by atoms with van der Waals surface area (Å²) in [6.07, 6.45) is 1.71. The number of hydrogen-bond donors (Lipinski definition) is 2. The van der Waals surface area contributed by atoms with Gasteiger partial charge >= 0.3 is 0 Å². The third kappa shape index (κ3) is 3.37. The van der Waals surface area contributed by atoms with E-state index in [0.29, 0.717) is 22.7 Å². The van der Waals surface area contributed by atoms with E-state index in [0.717, 1.165) is 12.1 Å². The zero-order valence-electron chi connectivity index (χ0n) is 15.5. The number of ether oxygens (including phenoxy) is 1. The predicted molar refractivity (Wildman–Crippen MR) is 101 cm³/mol. The number of anilines is 2. The molecule has 29 heavy (non-hydrogen) atoms. The Bertz CT molecular complexity index is 1200. The van der Waals surface area contributed by atoms with Crippen molar-refractivity contribution in [1.29, 1.82) is 0 Å². The van der Waals surface area contributed by atoms with Gasteiger partial charge in [0.1, 0.15) is 23.9 Å². The quantitative estimate of drug-likeness (QED) is 0.535. The van der Waals surface area contributed by atoms with Crippen LogP contribution in [0.2, 0.25) is 0 Å². The van der Waals surface area contributed by atoms with E-state index in [1.165, 1.54) is 6.07 Å². The van der Waals surface area contributed by atoms with Crippen LogP contribution in [0.3, 0.4) is 0 Å². The summed E-state index contributed by atoms with van der Waals surface area (Å²) >= 11 is 0. The molecule has 0 unspecified atom stereocenters. The second-order valence-electron chi connectivity index (χ2n) is 6.29. The second-order valence-corrected chi connectivity index (χ2v) is 6.29. The number of rotatable bonds is 4. The molecule has 3 heterocycles. The maximum atomic E-state index is 13.9. The third-order valence-corrected chi connectivity index (χ3v) is 4.17. The number of benzene rings is 1. The summed E-state index contributed by atoms with van der Waals surface area (Å²) in [5.41, 5.74) is 13.2. The van der Waals surface area contributed by atoms with Crippen LogP contribution >= 0.6 is 0 Å². The molecule has 0 aliphatic heterocycles. The Morgan fingerprint density at radius 2 is 1.62 bits per heavy atom. The van der Waals surface area contributed by atoms with Crippen LogP contribution in [-0.4, -0.2) is 29.3 Å². The monoisotopic (exact) mass is 398 g/mol.